The van der Waals surface area contributed by atoms with Crippen LogP contribution >= 0.6 is 0 Å². The van der Waals surface area contributed by atoms with Crippen LogP contribution in [0.25, 0.3) is 11.0 Å². The number of hydrogen-bond acceptors (Lipinski definition) is 3. The van der Waals surface area contributed by atoms with Crippen molar-refractivity contribution in [2.24, 2.45) is 0 Å². The van der Waals surface area contributed by atoms with Crippen LogP contribution in [0, 0.1) is 12.7 Å². The summed E-state index contributed by atoms with van der Waals surface area (Å²) in [5.74, 6) is -0.654. The minimum atomic E-state index is -0.575. The Hall–Kier alpha value is -2.95. The van der Waals surface area contributed by atoms with Crippen LogP contribution in [0.5, 0.6) is 0 Å². The second-order valence-corrected chi connectivity index (χ2v) is 6.04. The largest absolute Gasteiger partial charge is 0.450 e. The fourth-order valence-corrected chi connectivity index (χ4v) is 3.24. The number of carbonyl (C=O) groups is 1. The van der Waals surface area contributed by atoms with Crippen molar-refractivity contribution < 1.29 is 13.6 Å². The van der Waals surface area contributed by atoms with Gasteiger partial charge in [-0.15, -0.1) is 0 Å². The molecule has 1 amide bonds. The molecular formula is C19H14FNO3. The minimum absolute atomic E-state index is 0.0631. The predicted octanol–water partition coefficient (Wildman–Crippen LogP) is 3.42. The van der Waals surface area contributed by atoms with Gasteiger partial charge in [0.25, 0.3) is 5.91 Å². The molecule has 0 bridgehead atoms. The van der Waals surface area contributed by atoms with E-state index in [4.69, 9.17) is 4.42 Å². The minimum Gasteiger partial charge on any atom is -0.450 e. The molecule has 0 spiro atoms. The first-order valence-corrected chi connectivity index (χ1v) is 7.57. The first-order chi connectivity index (χ1) is 11.5. The first kappa shape index (κ1) is 14.6. The van der Waals surface area contributed by atoms with Gasteiger partial charge in [0, 0.05) is 7.05 Å². The van der Waals surface area contributed by atoms with E-state index in [1.807, 2.05) is 13.0 Å². The van der Waals surface area contributed by atoms with E-state index in [1.54, 1.807) is 31.3 Å². The Kier molecular flexibility index (Phi) is 3.06. The standard InChI is InChI=1S/C19H14FNO3/c1-10-3-8-14-13(9-10)17(22)15-16(11-4-6-12(20)7-5-11)21(2)19(23)18(15)24-14/h3-9,16H,1-2H3/t16-/m1/s1. The summed E-state index contributed by atoms with van der Waals surface area (Å²) in [4.78, 5) is 27.0. The third-order valence-corrected chi connectivity index (χ3v) is 4.44. The Bertz CT molecular complexity index is 1040. The fraction of sp³-hybridized carbons (Fsp3) is 0.158. The Morgan fingerprint density at radius 3 is 2.50 bits per heavy atom. The van der Waals surface area contributed by atoms with Crippen molar-refractivity contribution in [3.63, 3.8) is 0 Å². The summed E-state index contributed by atoms with van der Waals surface area (Å²) in [6.07, 6.45) is 0. The quantitative estimate of drug-likeness (QED) is 0.689. The SMILES string of the molecule is Cc1ccc2oc3c(c(=O)c2c1)[C@@H](c1ccc(F)cc1)N(C)C3=O. The summed E-state index contributed by atoms with van der Waals surface area (Å²) in [5.41, 5.74) is 2.09. The van der Waals surface area contributed by atoms with Crippen LogP contribution in [-0.4, -0.2) is 17.9 Å². The lowest BCUT2D eigenvalue weighted by Gasteiger charge is -2.20. The summed E-state index contributed by atoms with van der Waals surface area (Å²) >= 11 is 0. The zero-order valence-electron chi connectivity index (χ0n) is 13.2. The van der Waals surface area contributed by atoms with Gasteiger partial charge in [0.2, 0.25) is 5.76 Å². The van der Waals surface area contributed by atoms with E-state index in [9.17, 15) is 14.0 Å². The average Bonchev–Trinajstić information content (AvgIpc) is 2.82. The molecule has 1 atom stereocenters. The smallest absolute Gasteiger partial charge is 0.290 e. The average molecular weight is 323 g/mol. The molecule has 0 aliphatic carbocycles. The van der Waals surface area contributed by atoms with Crippen LogP contribution in [0.1, 0.15) is 33.3 Å². The van der Waals surface area contributed by atoms with E-state index < -0.39 is 6.04 Å². The highest BCUT2D eigenvalue weighted by Gasteiger charge is 2.40. The molecule has 1 aromatic heterocycles. The van der Waals surface area contributed by atoms with Crippen molar-refractivity contribution in [1.29, 1.82) is 0 Å². The second kappa shape index (κ2) is 5.03. The molecule has 0 fully saturated rings. The van der Waals surface area contributed by atoms with Crippen molar-refractivity contribution in [2.45, 2.75) is 13.0 Å². The topological polar surface area (TPSA) is 50.5 Å². The summed E-state index contributed by atoms with van der Waals surface area (Å²) in [7, 11) is 1.61. The van der Waals surface area contributed by atoms with Gasteiger partial charge in [-0.1, -0.05) is 23.8 Å². The van der Waals surface area contributed by atoms with Gasteiger partial charge >= 0.3 is 0 Å². The molecule has 2 heterocycles. The van der Waals surface area contributed by atoms with Gasteiger partial charge in [-0.3, -0.25) is 9.59 Å². The summed E-state index contributed by atoms with van der Waals surface area (Å²) < 4.78 is 18.9. The Labute approximate surface area is 137 Å². The highest BCUT2D eigenvalue weighted by atomic mass is 19.1. The Balaban J connectivity index is 2.03. The molecule has 0 saturated heterocycles. The molecule has 0 N–H and O–H groups in total. The zero-order chi connectivity index (χ0) is 17.0. The number of hydrogen-bond donors (Lipinski definition) is 0. The number of carbonyl (C=O) groups excluding carboxylic acids is 1. The number of halogens is 1. The second-order valence-electron chi connectivity index (χ2n) is 6.04. The van der Waals surface area contributed by atoms with Crippen LogP contribution in [0.3, 0.4) is 0 Å². The van der Waals surface area contributed by atoms with Crippen LogP contribution < -0.4 is 5.43 Å². The highest BCUT2D eigenvalue weighted by Crippen LogP contribution is 2.36. The molecule has 2 aromatic carbocycles. The maximum Gasteiger partial charge on any atom is 0.290 e. The third kappa shape index (κ3) is 1.98. The monoisotopic (exact) mass is 323 g/mol. The van der Waals surface area contributed by atoms with Gasteiger partial charge in [0.15, 0.2) is 5.43 Å². The zero-order valence-corrected chi connectivity index (χ0v) is 13.2. The Morgan fingerprint density at radius 1 is 1.08 bits per heavy atom. The van der Waals surface area contributed by atoms with Crippen LogP contribution in [-0.2, 0) is 0 Å². The molecule has 3 aromatic rings. The molecule has 5 heteroatoms. The van der Waals surface area contributed by atoms with Crippen molar-refractivity contribution in [3.05, 3.63) is 81.0 Å². The summed E-state index contributed by atoms with van der Waals surface area (Å²) in [5, 5.41) is 0.448. The number of nitrogens with zero attached hydrogens (tertiary/aromatic N) is 1. The van der Waals surface area contributed by atoms with E-state index in [0.717, 1.165) is 5.56 Å². The number of rotatable bonds is 1. The molecule has 120 valence electrons. The van der Waals surface area contributed by atoms with Gasteiger partial charge in [-0.05, 0) is 36.8 Å². The van der Waals surface area contributed by atoms with Crippen LogP contribution in [0.4, 0.5) is 4.39 Å². The molecular weight excluding hydrogens is 309 g/mol. The lowest BCUT2D eigenvalue weighted by Crippen LogP contribution is -2.25. The number of benzene rings is 2. The molecule has 4 nitrogen and oxygen atoms in total. The lowest BCUT2D eigenvalue weighted by atomic mass is 9.98. The number of aryl methyl sites for hydroxylation is 1. The molecule has 1 aliphatic rings. The molecule has 0 radical (unpaired) electrons. The van der Waals surface area contributed by atoms with Crippen LogP contribution in [0.15, 0.2) is 51.7 Å². The number of amides is 1. The lowest BCUT2D eigenvalue weighted by molar-refractivity contribution is 0.0771. The summed E-state index contributed by atoms with van der Waals surface area (Å²) in [6, 6.07) is 10.5. The fourth-order valence-electron chi connectivity index (χ4n) is 3.24. The van der Waals surface area contributed by atoms with E-state index in [0.29, 0.717) is 22.1 Å². The molecule has 24 heavy (non-hydrogen) atoms. The van der Waals surface area contributed by atoms with Crippen LogP contribution in [0.2, 0.25) is 0 Å². The maximum atomic E-state index is 13.2. The van der Waals surface area contributed by atoms with E-state index in [-0.39, 0.29) is 22.9 Å². The van der Waals surface area contributed by atoms with Gasteiger partial charge in [-0.2, -0.15) is 0 Å². The Morgan fingerprint density at radius 2 is 1.79 bits per heavy atom. The highest BCUT2D eigenvalue weighted by molar-refractivity contribution is 5.98. The predicted molar refractivity (Wildman–Crippen MR) is 87.6 cm³/mol. The maximum absolute atomic E-state index is 13.2. The molecule has 0 saturated carbocycles. The first-order valence-electron chi connectivity index (χ1n) is 7.57. The number of fused-ring (bicyclic) bond motifs is 2. The van der Waals surface area contributed by atoms with E-state index in [2.05, 4.69) is 0 Å². The normalized spacial score (nSPS) is 16.7. The summed E-state index contributed by atoms with van der Waals surface area (Å²) in [6.45, 7) is 1.89. The molecule has 4 rings (SSSR count). The van der Waals surface area contributed by atoms with E-state index in [1.165, 1.54) is 17.0 Å². The molecule has 1 aliphatic heterocycles. The van der Waals surface area contributed by atoms with Gasteiger partial charge in [0.1, 0.15) is 11.4 Å². The van der Waals surface area contributed by atoms with Gasteiger partial charge in [0.05, 0.1) is 17.0 Å². The van der Waals surface area contributed by atoms with Crippen molar-refractivity contribution in [2.75, 3.05) is 7.05 Å². The van der Waals surface area contributed by atoms with Crippen molar-refractivity contribution in [3.8, 4) is 0 Å². The van der Waals surface area contributed by atoms with Gasteiger partial charge < -0.3 is 9.32 Å². The van der Waals surface area contributed by atoms with Crippen molar-refractivity contribution >= 4 is 16.9 Å². The third-order valence-electron chi connectivity index (χ3n) is 4.44. The van der Waals surface area contributed by atoms with E-state index >= 15 is 0 Å². The molecule has 0 unspecified atom stereocenters. The van der Waals surface area contributed by atoms with Gasteiger partial charge in [-0.25, -0.2) is 4.39 Å². The van der Waals surface area contributed by atoms with Crippen molar-refractivity contribution in [1.82, 2.24) is 4.90 Å².